The average molecular weight is 216 g/mol. The van der Waals surface area contributed by atoms with E-state index in [0.29, 0.717) is 17.3 Å². The molecule has 4 heteroatoms. The first kappa shape index (κ1) is 11.1. The fourth-order valence-electron chi connectivity index (χ4n) is 1.28. The van der Waals surface area contributed by atoms with E-state index in [9.17, 15) is 5.11 Å². The van der Waals surface area contributed by atoms with Gasteiger partial charge in [0.1, 0.15) is 0 Å². The summed E-state index contributed by atoms with van der Waals surface area (Å²) in [7, 11) is 1.47. The molecule has 14 heavy (non-hydrogen) atoms. The molecule has 0 saturated heterocycles. The maximum absolute atomic E-state index is 9.81. The van der Waals surface area contributed by atoms with Crippen molar-refractivity contribution < 1.29 is 9.84 Å². The molecule has 78 valence electrons. The van der Waals surface area contributed by atoms with Gasteiger partial charge in [0, 0.05) is 5.56 Å². The van der Waals surface area contributed by atoms with Crippen molar-refractivity contribution in [2.75, 3.05) is 13.7 Å². The number of ether oxygens (including phenoxy) is 1. The molecule has 3 nitrogen and oxygen atoms in total. The molecule has 3 N–H and O–H groups in total. The number of hydrogen-bond acceptors (Lipinski definition) is 3. The van der Waals surface area contributed by atoms with Crippen molar-refractivity contribution in [1.29, 1.82) is 0 Å². The van der Waals surface area contributed by atoms with Crippen LogP contribution in [0.3, 0.4) is 0 Å². The number of nitrogens with two attached hydrogens (primary N) is 1. The Hall–Kier alpha value is -0.930. The Balaban J connectivity index is 3.21. The largest absolute Gasteiger partial charge is 0.504 e. The van der Waals surface area contributed by atoms with Crippen LogP contribution in [0.1, 0.15) is 18.4 Å². The molecule has 0 aliphatic rings. The van der Waals surface area contributed by atoms with Gasteiger partial charge in [0.25, 0.3) is 0 Å². The molecule has 0 amide bonds. The van der Waals surface area contributed by atoms with Crippen molar-refractivity contribution in [3.8, 4) is 11.5 Å². The van der Waals surface area contributed by atoms with Crippen LogP contribution < -0.4 is 10.5 Å². The molecule has 0 spiro atoms. The van der Waals surface area contributed by atoms with Gasteiger partial charge in [0.15, 0.2) is 11.5 Å². The van der Waals surface area contributed by atoms with Crippen molar-refractivity contribution in [3.63, 3.8) is 0 Å². The summed E-state index contributed by atoms with van der Waals surface area (Å²) < 4.78 is 4.99. The fourth-order valence-corrected chi connectivity index (χ4v) is 1.51. The Labute approximate surface area is 88.4 Å². The summed E-state index contributed by atoms with van der Waals surface area (Å²) in [6.07, 6.45) is 0. The first-order valence-electron chi connectivity index (χ1n) is 4.37. The number of hydrogen-bond donors (Lipinski definition) is 2. The van der Waals surface area contributed by atoms with E-state index in [1.807, 2.05) is 6.92 Å². The van der Waals surface area contributed by atoms with Crippen LogP contribution in [0, 0.1) is 0 Å². The molecular formula is C10H14ClNO2. The highest BCUT2D eigenvalue weighted by Gasteiger charge is 2.15. The Kier molecular flexibility index (Phi) is 3.61. The quantitative estimate of drug-likeness (QED) is 0.812. The van der Waals surface area contributed by atoms with Crippen LogP contribution in [0.4, 0.5) is 0 Å². The molecule has 1 aromatic rings. The predicted molar refractivity (Wildman–Crippen MR) is 57.1 cm³/mol. The minimum absolute atomic E-state index is 0.0814. The molecule has 0 bridgehead atoms. The number of aromatic hydroxyl groups is 1. The SMILES string of the molecule is COc1c(Cl)ccc(C(C)CN)c1O. The van der Waals surface area contributed by atoms with Crippen LogP contribution in [-0.2, 0) is 0 Å². The molecule has 0 fully saturated rings. The number of methoxy groups -OCH3 is 1. The Morgan fingerprint density at radius 2 is 2.21 bits per heavy atom. The van der Waals surface area contributed by atoms with Crippen LogP contribution in [0.15, 0.2) is 12.1 Å². The van der Waals surface area contributed by atoms with E-state index in [-0.39, 0.29) is 11.7 Å². The van der Waals surface area contributed by atoms with Gasteiger partial charge in [-0.25, -0.2) is 0 Å². The molecular weight excluding hydrogens is 202 g/mol. The average Bonchev–Trinajstić information content (AvgIpc) is 2.18. The lowest BCUT2D eigenvalue weighted by molar-refractivity contribution is 0.369. The summed E-state index contributed by atoms with van der Waals surface area (Å²) in [5.74, 6) is 0.476. The lowest BCUT2D eigenvalue weighted by Crippen LogP contribution is -2.09. The third-order valence-electron chi connectivity index (χ3n) is 2.20. The Morgan fingerprint density at radius 3 is 2.71 bits per heavy atom. The molecule has 0 radical (unpaired) electrons. The van der Waals surface area contributed by atoms with Crippen molar-refractivity contribution in [1.82, 2.24) is 0 Å². The Bertz CT molecular complexity index is 328. The van der Waals surface area contributed by atoms with Crippen LogP contribution in [0.25, 0.3) is 0 Å². The van der Waals surface area contributed by atoms with Crippen LogP contribution in [0.5, 0.6) is 11.5 Å². The van der Waals surface area contributed by atoms with Crippen molar-refractivity contribution in [2.24, 2.45) is 5.73 Å². The summed E-state index contributed by atoms with van der Waals surface area (Å²) in [6, 6.07) is 3.46. The predicted octanol–water partition coefficient (Wildman–Crippen LogP) is 2.12. The zero-order valence-electron chi connectivity index (χ0n) is 8.25. The minimum atomic E-state index is 0.0814. The first-order chi connectivity index (χ1) is 6.61. The highest BCUT2D eigenvalue weighted by Crippen LogP contribution is 2.39. The molecule has 0 aliphatic heterocycles. The molecule has 1 atom stereocenters. The number of phenols is 1. The zero-order valence-corrected chi connectivity index (χ0v) is 9.01. The number of rotatable bonds is 3. The minimum Gasteiger partial charge on any atom is -0.504 e. The van der Waals surface area contributed by atoms with E-state index < -0.39 is 0 Å². The van der Waals surface area contributed by atoms with E-state index >= 15 is 0 Å². The van der Waals surface area contributed by atoms with Crippen molar-refractivity contribution >= 4 is 11.6 Å². The summed E-state index contributed by atoms with van der Waals surface area (Å²) in [5.41, 5.74) is 6.28. The van der Waals surface area contributed by atoms with Gasteiger partial charge in [0.05, 0.1) is 12.1 Å². The molecule has 0 heterocycles. The molecule has 1 unspecified atom stereocenters. The molecule has 1 rings (SSSR count). The second-order valence-electron chi connectivity index (χ2n) is 3.16. The van der Waals surface area contributed by atoms with Gasteiger partial charge in [-0.1, -0.05) is 24.6 Å². The van der Waals surface area contributed by atoms with Gasteiger partial charge >= 0.3 is 0 Å². The van der Waals surface area contributed by atoms with Gasteiger partial charge in [0.2, 0.25) is 0 Å². The smallest absolute Gasteiger partial charge is 0.179 e. The highest BCUT2D eigenvalue weighted by molar-refractivity contribution is 6.32. The highest BCUT2D eigenvalue weighted by atomic mass is 35.5. The van der Waals surface area contributed by atoms with Gasteiger partial charge in [-0.2, -0.15) is 0 Å². The third-order valence-corrected chi connectivity index (χ3v) is 2.50. The van der Waals surface area contributed by atoms with E-state index in [2.05, 4.69) is 0 Å². The topological polar surface area (TPSA) is 55.5 Å². The molecule has 1 aromatic carbocycles. The second-order valence-corrected chi connectivity index (χ2v) is 3.56. The molecule has 0 aromatic heterocycles. The fraction of sp³-hybridized carbons (Fsp3) is 0.400. The number of halogens is 1. The summed E-state index contributed by atoms with van der Waals surface area (Å²) >= 11 is 5.83. The van der Waals surface area contributed by atoms with E-state index in [0.717, 1.165) is 5.56 Å². The van der Waals surface area contributed by atoms with Gasteiger partial charge in [-0.15, -0.1) is 0 Å². The van der Waals surface area contributed by atoms with Gasteiger partial charge < -0.3 is 15.6 Å². The number of benzene rings is 1. The van der Waals surface area contributed by atoms with Gasteiger partial charge in [-0.3, -0.25) is 0 Å². The molecule has 0 saturated carbocycles. The number of phenolic OH excluding ortho intramolecular Hbond substituents is 1. The monoisotopic (exact) mass is 215 g/mol. The maximum atomic E-state index is 9.81. The van der Waals surface area contributed by atoms with Crippen LogP contribution in [0.2, 0.25) is 5.02 Å². The van der Waals surface area contributed by atoms with Gasteiger partial charge in [-0.05, 0) is 18.5 Å². The van der Waals surface area contributed by atoms with E-state index in [1.165, 1.54) is 7.11 Å². The molecule has 0 aliphatic carbocycles. The normalized spacial score (nSPS) is 12.6. The lowest BCUT2D eigenvalue weighted by Gasteiger charge is -2.14. The van der Waals surface area contributed by atoms with Crippen LogP contribution >= 0.6 is 11.6 Å². The standard InChI is InChI=1S/C10H14ClNO2/c1-6(5-12)7-3-4-8(11)10(14-2)9(7)13/h3-4,6,13H,5,12H2,1-2H3. The zero-order chi connectivity index (χ0) is 10.7. The van der Waals surface area contributed by atoms with Crippen LogP contribution in [-0.4, -0.2) is 18.8 Å². The van der Waals surface area contributed by atoms with E-state index in [4.69, 9.17) is 22.1 Å². The maximum Gasteiger partial charge on any atom is 0.179 e. The lowest BCUT2D eigenvalue weighted by atomic mass is 10.00. The second kappa shape index (κ2) is 4.53. The third kappa shape index (κ3) is 1.94. The summed E-state index contributed by atoms with van der Waals surface area (Å²) in [4.78, 5) is 0. The first-order valence-corrected chi connectivity index (χ1v) is 4.75. The van der Waals surface area contributed by atoms with E-state index in [1.54, 1.807) is 12.1 Å². The summed E-state index contributed by atoms with van der Waals surface area (Å²) in [5, 5.41) is 10.2. The van der Waals surface area contributed by atoms with Crippen molar-refractivity contribution in [2.45, 2.75) is 12.8 Å². The van der Waals surface area contributed by atoms with Crippen molar-refractivity contribution in [3.05, 3.63) is 22.7 Å². The summed E-state index contributed by atoms with van der Waals surface area (Å²) in [6.45, 7) is 2.40. The Morgan fingerprint density at radius 1 is 1.57 bits per heavy atom.